The SMILES string of the molecule is CC1=C[C@@H]2O[C@@H]3C[C@H]4OC(=O)/C=C/C=C/[C@]5([C@H](C)O)OCCC(=CC(=O)OC[C@@]2(CC1)[C@]4(C)[C@]31CO1)C5O. The molecule has 4 aliphatic heterocycles. The fourth-order valence-electron chi connectivity index (χ4n) is 7.68. The summed E-state index contributed by atoms with van der Waals surface area (Å²) in [5, 5.41) is 21.7. The molecule has 206 valence electrons. The van der Waals surface area contributed by atoms with Gasteiger partial charge in [0.2, 0.25) is 0 Å². The van der Waals surface area contributed by atoms with Crippen molar-refractivity contribution in [3.63, 3.8) is 0 Å². The van der Waals surface area contributed by atoms with Crippen LogP contribution >= 0.6 is 0 Å². The van der Waals surface area contributed by atoms with Gasteiger partial charge in [0.1, 0.15) is 30.0 Å². The summed E-state index contributed by atoms with van der Waals surface area (Å²) in [6.07, 6.45) is 8.21. The molecular formula is C29H36O9. The first-order valence-electron chi connectivity index (χ1n) is 13.5. The third-order valence-electron chi connectivity index (χ3n) is 10.1. The van der Waals surface area contributed by atoms with E-state index in [2.05, 4.69) is 19.9 Å². The second-order valence-corrected chi connectivity index (χ2v) is 11.8. The number of allylic oxidation sites excluding steroid dienone is 3. The molecule has 1 saturated carbocycles. The highest BCUT2D eigenvalue weighted by Gasteiger charge is 2.83. The molecule has 2 aliphatic carbocycles. The average molecular weight is 529 g/mol. The van der Waals surface area contributed by atoms with E-state index in [-0.39, 0.29) is 25.4 Å². The van der Waals surface area contributed by atoms with Crippen molar-refractivity contribution in [3.05, 3.63) is 47.6 Å². The number of aliphatic hydroxyl groups is 2. The van der Waals surface area contributed by atoms with Crippen LogP contribution in [0.4, 0.5) is 0 Å². The van der Waals surface area contributed by atoms with Gasteiger partial charge in [0.15, 0.2) is 0 Å². The molecule has 9 atom stereocenters. The highest BCUT2D eigenvalue weighted by atomic mass is 16.6. The molecule has 9 heteroatoms. The minimum absolute atomic E-state index is 0.0519. The van der Waals surface area contributed by atoms with Crippen molar-refractivity contribution < 1.29 is 43.5 Å². The van der Waals surface area contributed by atoms with Gasteiger partial charge in [-0.1, -0.05) is 30.7 Å². The molecule has 3 saturated heterocycles. The number of hydrogen-bond donors (Lipinski definition) is 2. The Kier molecular flexibility index (Phi) is 6.05. The van der Waals surface area contributed by atoms with Crippen molar-refractivity contribution in [2.75, 3.05) is 19.8 Å². The van der Waals surface area contributed by atoms with Gasteiger partial charge in [-0.05, 0) is 44.8 Å². The maximum atomic E-state index is 13.2. The Hall–Kier alpha value is -2.30. The smallest absolute Gasteiger partial charge is 0.331 e. The lowest BCUT2D eigenvalue weighted by molar-refractivity contribution is -0.232. The van der Waals surface area contributed by atoms with Crippen LogP contribution in [0.2, 0.25) is 0 Å². The van der Waals surface area contributed by atoms with E-state index in [4.69, 9.17) is 23.7 Å². The fourth-order valence-corrected chi connectivity index (χ4v) is 7.68. The predicted molar refractivity (Wildman–Crippen MR) is 134 cm³/mol. The molecule has 1 unspecified atom stereocenters. The highest BCUT2D eigenvalue weighted by molar-refractivity contribution is 5.83. The van der Waals surface area contributed by atoms with Crippen LogP contribution in [0.25, 0.3) is 0 Å². The van der Waals surface area contributed by atoms with Gasteiger partial charge in [-0.2, -0.15) is 0 Å². The number of carbonyl (C=O) groups excluding carboxylic acids is 2. The molecule has 0 aromatic heterocycles. The summed E-state index contributed by atoms with van der Waals surface area (Å²) >= 11 is 0. The topological polar surface area (TPSA) is 124 Å². The summed E-state index contributed by atoms with van der Waals surface area (Å²) in [7, 11) is 0. The second-order valence-electron chi connectivity index (χ2n) is 11.8. The number of aliphatic hydroxyl groups excluding tert-OH is 2. The maximum absolute atomic E-state index is 13.2. The molecule has 4 heterocycles. The summed E-state index contributed by atoms with van der Waals surface area (Å²) in [5.74, 6) is -1.10. The zero-order chi connectivity index (χ0) is 26.9. The van der Waals surface area contributed by atoms with Crippen LogP contribution < -0.4 is 0 Å². The molecule has 4 fully saturated rings. The van der Waals surface area contributed by atoms with Crippen LogP contribution in [0.5, 0.6) is 0 Å². The Bertz CT molecular complexity index is 1150. The number of carbonyl (C=O) groups is 2. The Balaban J connectivity index is 1.44. The second kappa shape index (κ2) is 8.86. The van der Waals surface area contributed by atoms with Gasteiger partial charge in [-0.3, -0.25) is 0 Å². The maximum Gasteiger partial charge on any atom is 0.331 e. The molecule has 9 nitrogen and oxygen atoms in total. The Morgan fingerprint density at radius 3 is 2.61 bits per heavy atom. The van der Waals surface area contributed by atoms with Gasteiger partial charge in [0.25, 0.3) is 0 Å². The van der Waals surface area contributed by atoms with Gasteiger partial charge in [-0.15, -0.1) is 0 Å². The number of ether oxygens (including phenoxy) is 5. The van der Waals surface area contributed by atoms with Gasteiger partial charge in [-0.25, -0.2) is 9.59 Å². The number of fused-ring (bicyclic) bond motifs is 2. The summed E-state index contributed by atoms with van der Waals surface area (Å²) < 4.78 is 30.6. The zero-order valence-electron chi connectivity index (χ0n) is 22.1. The van der Waals surface area contributed by atoms with Crippen LogP contribution in [0, 0.1) is 10.8 Å². The number of esters is 2. The molecule has 0 aromatic carbocycles. The van der Waals surface area contributed by atoms with E-state index in [1.54, 1.807) is 6.08 Å². The third-order valence-corrected chi connectivity index (χ3v) is 10.1. The Morgan fingerprint density at radius 1 is 1.08 bits per heavy atom. The molecule has 6 aliphatic rings. The third kappa shape index (κ3) is 3.48. The van der Waals surface area contributed by atoms with Gasteiger partial charge in [0, 0.05) is 24.0 Å². The lowest BCUT2D eigenvalue weighted by atomic mass is 9.51. The van der Waals surface area contributed by atoms with Gasteiger partial charge in [0.05, 0.1) is 36.9 Å². The van der Waals surface area contributed by atoms with Crippen molar-refractivity contribution in [2.45, 2.75) is 88.2 Å². The normalized spacial score (nSPS) is 48.7. The lowest BCUT2D eigenvalue weighted by Crippen LogP contribution is -2.66. The largest absolute Gasteiger partial charge is 0.462 e. The van der Waals surface area contributed by atoms with E-state index < -0.39 is 52.3 Å². The summed E-state index contributed by atoms with van der Waals surface area (Å²) in [6, 6.07) is 0. The van der Waals surface area contributed by atoms with E-state index in [0.29, 0.717) is 31.4 Å². The monoisotopic (exact) mass is 528 g/mol. The first-order chi connectivity index (χ1) is 18.1. The van der Waals surface area contributed by atoms with E-state index in [9.17, 15) is 19.8 Å². The molecule has 4 bridgehead atoms. The van der Waals surface area contributed by atoms with Crippen molar-refractivity contribution in [3.8, 4) is 0 Å². The van der Waals surface area contributed by atoms with E-state index in [1.807, 2.05) is 0 Å². The zero-order valence-corrected chi connectivity index (χ0v) is 22.1. The van der Waals surface area contributed by atoms with Gasteiger partial charge >= 0.3 is 11.9 Å². The molecule has 38 heavy (non-hydrogen) atoms. The number of cyclic esters (lactones) is 1. The molecule has 0 radical (unpaired) electrons. The van der Waals surface area contributed by atoms with E-state index >= 15 is 0 Å². The van der Waals surface area contributed by atoms with Crippen LogP contribution in [-0.4, -0.2) is 83.7 Å². The highest BCUT2D eigenvalue weighted by Crippen LogP contribution is 2.72. The van der Waals surface area contributed by atoms with Crippen LogP contribution in [0.1, 0.15) is 46.5 Å². The van der Waals surface area contributed by atoms with Crippen LogP contribution in [0.15, 0.2) is 47.6 Å². The molecule has 2 N–H and O–H groups in total. The van der Waals surface area contributed by atoms with E-state index in [0.717, 1.165) is 6.42 Å². The average Bonchev–Trinajstić information content (AvgIpc) is 3.65. The minimum atomic E-state index is -1.47. The van der Waals surface area contributed by atoms with Crippen molar-refractivity contribution in [2.24, 2.45) is 10.8 Å². The van der Waals surface area contributed by atoms with Crippen molar-refractivity contribution >= 4 is 11.9 Å². The fraction of sp³-hybridized carbons (Fsp3) is 0.655. The first kappa shape index (κ1) is 26.0. The quantitative estimate of drug-likeness (QED) is 0.299. The molecule has 6 rings (SSSR count). The van der Waals surface area contributed by atoms with E-state index in [1.165, 1.54) is 36.8 Å². The molecule has 0 aromatic rings. The first-order valence-corrected chi connectivity index (χ1v) is 13.5. The van der Waals surface area contributed by atoms with Crippen molar-refractivity contribution in [1.29, 1.82) is 0 Å². The molecule has 2 spiro atoms. The standard InChI is InChI=1S/C29H36O9/c1-17-7-10-27-15-34-24(32)13-19-8-11-35-28(18(2)30,25(19)33)9-5-4-6-23(31)38-20-14-22(37-21(27)12-17)29(16-36-29)26(20,27)3/h4-6,9,12-13,18,20-22,25,30,33H,7-8,10-11,14-16H2,1-3H3/b6-4+,9-5+,19-13?/t18-,20+,21-,22+,25?,26+,27+,28+,29-/m0/s1. The van der Waals surface area contributed by atoms with Crippen molar-refractivity contribution in [1.82, 2.24) is 0 Å². The van der Waals surface area contributed by atoms with Crippen LogP contribution in [-0.2, 0) is 33.3 Å². The summed E-state index contributed by atoms with van der Waals surface area (Å²) in [6.45, 7) is 6.43. The Labute approximate surface area is 222 Å². The summed E-state index contributed by atoms with van der Waals surface area (Å²) in [5.41, 5.74) is -1.76. The number of epoxide rings is 1. The van der Waals surface area contributed by atoms with Crippen LogP contribution in [0.3, 0.4) is 0 Å². The minimum Gasteiger partial charge on any atom is -0.462 e. The molecule has 0 amide bonds. The molecular weight excluding hydrogens is 492 g/mol. The van der Waals surface area contributed by atoms with Gasteiger partial charge < -0.3 is 33.9 Å². The predicted octanol–water partition coefficient (Wildman–Crippen LogP) is 2.07. The summed E-state index contributed by atoms with van der Waals surface area (Å²) in [4.78, 5) is 26.2. The Morgan fingerprint density at radius 2 is 1.87 bits per heavy atom. The number of hydrogen-bond acceptors (Lipinski definition) is 9. The lowest BCUT2D eigenvalue weighted by Gasteiger charge is -2.58. The number of rotatable bonds is 1.